The average molecular weight is 408 g/mol. The zero-order valence-corrected chi connectivity index (χ0v) is 18.2. The molecule has 0 bridgehead atoms. The zero-order chi connectivity index (χ0) is 21.3. The first-order valence-electron chi connectivity index (χ1n) is 10.8. The molecule has 3 N–H and O–H groups in total. The van der Waals surface area contributed by atoms with Crippen LogP contribution in [0.25, 0.3) is 0 Å². The van der Waals surface area contributed by atoms with Gasteiger partial charge in [-0.1, -0.05) is 24.3 Å². The van der Waals surface area contributed by atoms with Gasteiger partial charge in [-0.3, -0.25) is 4.79 Å². The lowest BCUT2D eigenvalue weighted by atomic mass is 10.1. The molecule has 0 saturated carbocycles. The van der Waals surface area contributed by atoms with Crippen LogP contribution in [0.3, 0.4) is 0 Å². The number of nitrogens with one attached hydrogen (secondary N) is 3. The molecular formula is C24H33N5O. The van der Waals surface area contributed by atoms with Gasteiger partial charge >= 0.3 is 0 Å². The molecule has 3 rings (SSSR count). The molecule has 1 aliphatic rings. The summed E-state index contributed by atoms with van der Waals surface area (Å²) in [6, 6.07) is 16.5. The predicted octanol–water partition coefficient (Wildman–Crippen LogP) is 3.46. The number of aliphatic imine (C=N–C) groups is 1. The summed E-state index contributed by atoms with van der Waals surface area (Å²) in [6.07, 6.45) is 2.55. The van der Waals surface area contributed by atoms with Crippen LogP contribution in [0.15, 0.2) is 53.5 Å². The van der Waals surface area contributed by atoms with Crippen molar-refractivity contribution < 1.29 is 4.79 Å². The Bertz CT molecular complexity index is 873. The largest absolute Gasteiger partial charge is 0.372 e. The smallest absolute Gasteiger partial charge is 0.251 e. The molecule has 1 amide bonds. The second kappa shape index (κ2) is 10.7. The SMILES string of the molecule is CCNC(=NCc1cccc(C(=O)NC)c1)NC(C)c1cccc(N2CCCC2)c1. The van der Waals surface area contributed by atoms with Gasteiger partial charge in [0.05, 0.1) is 12.6 Å². The molecule has 160 valence electrons. The van der Waals surface area contributed by atoms with Crippen molar-refractivity contribution in [3.63, 3.8) is 0 Å². The fraction of sp³-hybridized carbons (Fsp3) is 0.417. The third-order valence-electron chi connectivity index (χ3n) is 5.37. The van der Waals surface area contributed by atoms with E-state index in [1.165, 1.54) is 24.1 Å². The number of benzene rings is 2. The first-order chi connectivity index (χ1) is 14.6. The summed E-state index contributed by atoms with van der Waals surface area (Å²) in [7, 11) is 1.64. The van der Waals surface area contributed by atoms with Gasteiger partial charge in [0.2, 0.25) is 0 Å². The summed E-state index contributed by atoms with van der Waals surface area (Å²) in [4.78, 5) is 19.0. The maximum absolute atomic E-state index is 11.9. The Morgan fingerprint density at radius 3 is 2.63 bits per heavy atom. The van der Waals surface area contributed by atoms with E-state index in [4.69, 9.17) is 4.99 Å². The minimum Gasteiger partial charge on any atom is -0.372 e. The highest BCUT2D eigenvalue weighted by Crippen LogP contribution is 2.24. The molecule has 1 heterocycles. The van der Waals surface area contributed by atoms with E-state index in [1.807, 2.05) is 24.3 Å². The fourth-order valence-corrected chi connectivity index (χ4v) is 3.70. The van der Waals surface area contributed by atoms with E-state index in [0.717, 1.165) is 31.2 Å². The number of carbonyl (C=O) groups excluding carboxylic acids is 1. The number of carbonyl (C=O) groups is 1. The Hall–Kier alpha value is -3.02. The van der Waals surface area contributed by atoms with Crippen molar-refractivity contribution in [2.24, 2.45) is 4.99 Å². The Morgan fingerprint density at radius 1 is 1.13 bits per heavy atom. The van der Waals surface area contributed by atoms with Crippen LogP contribution >= 0.6 is 0 Å². The zero-order valence-electron chi connectivity index (χ0n) is 18.2. The second-order valence-corrected chi connectivity index (χ2v) is 7.63. The van der Waals surface area contributed by atoms with Crippen LogP contribution in [0.5, 0.6) is 0 Å². The third-order valence-corrected chi connectivity index (χ3v) is 5.37. The molecule has 1 aliphatic heterocycles. The number of rotatable bonds is 7. The molecule has 1 saturated heterocycles. The van der Waals surface area contributed by atoms with Crippen molar-refractivity contribution in [3.8, 4) is 0 Å². The molecule has 2 aromatic carbocycles. The molecule has 0 spiro atoms. The molecule has 30 heavy (non-hydrogen) atoms. The van der Waals surface area contributed by atoms with Crippen LogP contribution in [-0.4, -0.2) is 38.5 Å². The normalized spacial score (nSPS) is 15.0. The second-order valence-electron chi connectivity index (χ2n) is 7.63. The molecule has 2 aromatic rings. The van der Waals surface area contributed by atoms with Crippen molar-refractivity contribution in [3.05, 3.63) is 65.2 Å². The van der Waals surface area contributed by atoms with Gasteiger partial charge in [0.1, 0.15) is 0 Å². The van der Waals surface area contributed by atoms with E-state index in [1.54, 1.807) is 7.05 Å². The molecule has 0 radical (unpaired) electrons. The Morgan fingerprint density at radius 2 is 1.90 bits per heavy atom. The van der Waals surface area contributed by atoms with Crippen LogP contribution in [0.2, 0.25) is 0 Å². The quantitative estimate of drug-likeness (QED) is 0.486. The van der Waals surface area contributed by atoms with Gasteiger partial charge in [-0.25, -0.2) is 4.99 Å². The van der Waals surface area contributed by atoms with Crippen LogP contribution in [0.4, 0.5) is 5.69 Å². The Balaban J connectivity index is 1.69. The van der Waals surface area contributed by atoms with Crippen molar-refractivity contribution >= 4 is 17.6 Å². The molecular weight excluding hydrogens is 374 g/mol. The number of nitrogens with zero attached hydrogens (tertiary/aromatic N) is 2. The van der Waals surface area contributed by atoms with Crippen molar-refractivity contribution in [2.45, 2.75) is 39.3 Å². The molecule has 6 heteroatoms. The van der Waals surface area contributed by atoms with E-state index < -0.39 is 0 Å². The Kier molecular flexibility index (Phi) is 7.71. The summed E-state index contributed by atoms with van der Waals surface area (Å²) in [6.45, 7) is 7.78. The lowest BCUT2D eigenvalue weighted by Gasteiger charge is -2.22. The van der Waals surface area contributed by atoms with Crippen LogP contribution < -0.4 is 20.9 Å². The van der Waals surface area contributed by atoms with E-state index in [-0.39, 0.29) is 11.9 Å². The van der Waals surface area contributed by atoms with E-state index in [0.29, 0.717) is 12.1 Å². The van der Waals surface area contributed by atoms with Gasteiger partial charge < -0.3 is 20.9 Å². The van der Waals surface area contributed by atoms with Crippen molar-refractivity contribution in [1.82, 2.24) is 16.0 Å². The van der Waals surface area contributed by atoms with E-state index >= 15 is 0 Å². The molecule has 0 aromatic heterocycles. The highest BCUT2D eigenvalue weighted by molar-refractivity contribution is 5.94. The number of guanidine groups is 1. The minimum atomic E-state index is -0.0858. The fourth-order valence-electron chi connectivity index (χ4n) is 3.70. The van der Waals surface area contributed by atoms with E-state index in [9.17, 15) is 4.79 Å². The summed E-state index contributed by atoms with van der Waals surface area (Å²) in [5, 5.41) is 9.49. The number of hydrogen-bond acceptors (Lipinski definition) is 3. The van der Waals surface area contributed by atoms with E-state index in [2.05, 4.69) is 59.0 Å². The number of hydrogen-bond donors (Lipinski definition) is 3. The highest BCUT2D eigenvalue weighted by atomic mass is 16.1. The predicted molar refractivity (Wildman–Crippen MR) is 124 cm³/mol. The number of anilines is 1. The molecule has 1 unspecified atom stereocenters. The van der Waals surface area contributed by atoms with Gasteiger partial charge in [-0.2, -0.15) is 0 Å². The molecule has 1 fully saturated rings. The lowest BCUT2D eigenvalue weighted by molar-refractivity contribution is 0.0963. The minimum absolute atomic E-state index is 0.0858. The summed E-state index contributed by atoms with van der Waals surface area (Å²) in [5.41, 5.74) is 4.19. The standard InChI is InChI=1S/C24H33N5O/c1-4-26-24(27-17-19-9-7-11-21(15-19)23(30)25-3)28-18(2)20-10-8-12-22(16-20)29-13-5-6-14-29/h7-12,15-16,18H,4-6,13-14,17H2,1-3H3,(H,25,30)(H2,26,27,28). The summed E-state index contributed by atoms with van der Waals surface area (Å²) >= 11 is 0. The Labute approximate surface area is 179 Å². The molecule has 0 aliphatic carbocycles. The highest BCUT2D eigenvalue weighted by Gasteiger charge is 2.14. The molecule has 1 atom stereocenters. The van der Waals surface area contributed by atoms with Gasteiger partial charge in [-0.05, 0) is 62.1 Å². The van der Waals surface area contributed by atoms with Gasteiger partial charge in [0, 0.05) is 37.9 Å². The third kappa shape index (κ3) is 5.75. The maximum Gasteiger partial charge on any atom is 0.251 e. The first-order valence-corrected chi connectivity index (χ1v) is 10.8. The van der Waals surface area contributed by atoms with Gasteiger partial charge in [0.25, 0.3) is 5.91 Å². The lowest BCUT2D eigenvalue weighted by Crippen LogP contribution is -2.38. The first kappa shape index (κ1) is 21.7. The van der Waals surface area contributed by atoms with Crippen LogP contribution in [-0.2, 0) is 6.54 Å². The maximum atomic E-state index is 11.9. The van der Waals surface area contributed by atoms with Gasteiger partial charge in [-0.15, -0.1) is 0 Å². The topological polar surface area (TPSA) is 68.8 Å². The van der Waals surface area contributed by atoms with Crippen molar-refractivity contribution in [1.29, 1.82) is 0 Å². The summed E-state index contributed by atoms with van der Waals surface area (Å²) in [5.74, 6) is 0.680. The molecule has 6 nitrogen and oxygen atoms in total. The van der Waals surface area contributed by atoms with Crippen molar-refractivity contribution in [2.75, 3.05) is 31.6 Å². The summed E-state index contributed by atoms with van der Waals surface area (Å²) < 4.78 is 0. The van der Waals surface area contributed by atoms with Crippen LogP contribution in [0, 0.1) is 0 Å². The number of amides is 1. The average Bonchev–Trinajstić information content (AvgIpc) is 3.32. The van der Waals surface area contributed by atoms with Crippen LogP contribution in [0.1, 0.15) is 54.2 Å². The monoisotopic (exact) mass is 407 g/mol. The van der Waals surface area contributed by atoms with Gasteiger partial charge in [0.15, 0.2) is 5.96 Å².